The molecule has 0 aromatic carbocycles. The summed E-state index contributed by atoms with van der Waals surface area (Å²) in [6.45, 7) is 6.85. The lowest BCUT2D eigenvalue weighted by Gasteiger charge is -2.09. The standard InChI is InChI=1S/C12H24N4O2S/c1-9(2)6-5-7-14-19(17,18)12-10(3)15-16-11(12)8-13-4/h9,13-14H,5-8H2,1-4H3,(H,15,16). The van der Waals surface area contributed by atoms with Gasteiger partial charge in [-0.15, -0.1) is 0 Å². The van der Waals surface area contributed by atoms with E-state index in [1.807, 2.05) is 0 Å². The Morgan fingerprint density at radius 2 is 2.05 bits per heavy atom. The number of aryl methyl sites for hydroxylation is 1. The van der Waals surface area contributed by atoms with Crippen molar-refractivity contribution < 1.29 is 8.42 Å². The highest BCUT2D eigenvalue weighted by Gasteiger charge is 2.23. The fourth-order valence-electron chi connectivity index (χ4n) is 1.90. The summed E-state index contributed by atoms with van der Waals surface area (Å²) in [4.78, 5) is 0.270. The molecule has 6 nitrogen and oxygen atoms in total. The zero-order chi connectivity index (χ0) is 14.5. The molecule has 0 unspecified atom stereocenters. The van der Waals surface area contributed by atoms with Crippen LogP contribution < -0.4 is 10.0 Å². The van der Waals surface area contributed by atoms with Gasteiger partial charge in [0.25, 0.3) is 0 Å². The maximum Gasteiger partial charge on any atom is 0.244 e. The highest BCUT2D eigenvalue weighted by atomic mass is 32.2. The fourth-order valence-corrected chi connectivity index (χ4v) is 3.34. The van der Waals surface area contributed by atoms with Crippen molar-refractivity contribution in [3.8, 4) is 0 Å². The summed E-state index contributed by atoms with van der Waals surface area (Å²) in [5, 5.41) is 9.67. The van der Waals surface area contributed by atoms with Crippen LogP contribution in [-0.4, -0.2) is 32.2 Å². The third kappa shape index (κ3) is 4.59. The molecule has 1 rings (SSSR count). The first-order valence-electron chi connectivity index (χ1n) is 6.56. The average molecular weight is 288 g/mol. The highest BCUT2D eigenvalue weighted by Crippen LogP contribution is 2.17. The van der Waals surface area contributed by atoms with Gasteiger partial charge in [0.15, 0.2) is 0 Å². The Hall–Kier alpha value is -0.920. The third-order valence-corrected chi connectivity index (χ3v) is 4.49. The number of sulfonamides is 1. The third-order valence-electron chi connectivity index (χ3n) is 2.82. The monoisotopic (exact) mass is 288 g/mol. The van der Waals surface area contributed by atoms with E-state index in [4.69, 9.17) is 0 Å². The fraction of sp³-hybridized carbons (Fsp3) is 0.750. The lowest BCUT2D eigenvalue weighted by molar-refractivity contribution is 0.539. The molecular formula is C12H24N4O2S. The van der Waals surface area contributed by atoms with Crippen LogP contribution >= 0.6 is 0 Å². The van der Waals surface area contributed by atoms with Crippen LogP contribution in [0.4, 0.5) is 0 Å². The molecule has 1 aromatic rings. The molecule has 0 aliphatic heterocycles. The van der Waals surface area contributed by atoms with Crippen LogP contribution in [-0.2, 0) is 16.6 Å². The number of aromatic amines is 1. The van der Waals surface area contributed by atoms with E-state index in [1.54, 1.807) is 14.0 Å². The number of hydrogen-bond acceptors (Lipinski definition) is 4. The van der Waals surface area contributed by atoms with Crippen LogP contribution in [0, 0.1) is 12.8 Å². The number of aromatic nitrogens is 2. The predicted octanol–water partition coefficient (Wildman–Crippen LogP) is 1.15. The van der Waals surface area contributed by atoms with E-state index in [0.717, 1.165) is 12.8 Å². The van der Waals surface area contributed by atoms with Crippen molar-refractivity contribution in [3.63, 3.8) is 0 Å². The van der Waals surface area contributed by atoms with Gasteiger partial charge in [0.05, 0.1) is 11.4 Å². The molecule has 0 saturated heterocycles. The summed E-state index contributed by atoms with van der Waals surface area (Å²) in [6, 6.07) is 0. The first-order chi connectivity index (χ1) is 8.88. The van der Waals surface area contributed by atoms with Crippen LogP contribution in [0.25, 0.3) is 0 Å². The Morgan fingerprint density at radius 3 is 2.63 bits per heavy atom. The van der Waals surface area contributed by atoms with Crippen LogP contribution in [0.3, 0.4) is 0 Å². The Kier molecular flexibility index (Phi) is 5.96. The molecule has 1 aromatic heterocycles. The summed E-state index contributed by atoms with van der Waals surface area (Å²) in [5.74, 6) is 0.583. The molecular weight excluding hydrogens is 264 g/mol. The van der Waals surface area contributed by atoms with Gasteiger partial charge in [-0.05, 0) is 32.7 Å². The van der Waals surface area contributed by atoms with E-state index in [9.17, 15) is 8.42 Å². The molecule has 19 heavy (non-hydrogen) atoms. The lowest BCUT2D eigenvalue weighted by Crippen LogP contribution is -2.26. The topological polar surface area (TPSA) is 86.9 Å². The van der Waals surface area contributed by atoms with Crippen molar-refractivity contribution in [3.05, 3.63) is 11.4 Å². The van der Waals surface area contributed by atoms with Crippen LogP contribution in [0.1, 0.15) is 38.1 Å². The number of rotatable bonds is 8. The largest absolute Gasteiger partial charge is 0.314 e. The van der Waals surface area contributed by atoms with E-state index >= 15 is 0 Å². The number of nitrogens with one attached hydrogen (secondary N) is 3. The molecule has 0 amide bonds. The minimum absolute atomic E-state index is 0.270. The predicted molar refractivity (Wildman–Crippen MR) is 75.3 cm³/mol. The lowest BCUT2D eigenvalue weighted by atomic mass is 10.1. The quantitative estimate of drug-likeness (QED) is 0.626. The maximum absolute atomic E-state index is 12.3. The van der Waals surface area contributed by atoms with Gasteiger partial charge in [0, 0.05) is 13.1 Å². The summed E-state index contributed by atoms with van der Waals surface area (Å²) in [7, 11) is -1.72. The molecule has 3 N–H and O–H groups in total. The van der Waals surface area contributed by atoms with Crippen molar-refractivity contribution >= 4 is 10.0 Å². The second-order valence-electron chi connectivity index (χ2n) is 5.09. The van der Waals surface area contributed by atoms with Crippen molar-refractivity contribution in [2.75, 3.05) is 13.6 Å². The van der Waals surface area contributed by atoms with E-state index in [2.05, 4.69) is 34.1 Å². The Bertz CT molecular complexity index is 494. The second kappa shape index (κ2) is 7.02. The van der Waals surface area contributed by atoms with Gasteiger partial charge in [-0.1, -0.05) is 13.8 Å². The number of nitrogens with zero attached hydrogens (tertiary/aromatic N) is 1. The van der Waals surface area contributed by atoms with Crippen molar-refractivity contribution in [1.29, 1.82) is 0 Å². The van der Waals surface area contributed by atoms with E-state index in [0.29, 0.717) is 30.4 Å². The molecule has 7 heteroatoms. The summed E-state index contributed by atoms with van der Waals surface area (Å²) in [6.07, 6.45) is 1.85. The summed E-state index contributed by atoms with van der Waals surface area (Å²) in [5.41, 5.74) is 1.10. The van der Waals surface area contributed by atoms with E-state index in [-0.39, 0.29) is 4.90 Å². The van der Waals surface area contributed by atoms with Gasteiger partial charge in [-0.25, -0.2) is 13.1 Å². The Morgan fingerprint density at radius 1 is 1.37 bits per heavy atom. The molecule has 0 aliphatic rings. The maximum atomic E-state index is 12.3. The molecule has 0 bridgehead atoms. The van der Waals surface area contributed by atoms with Crippen LogP contribution in [0.2, 0.25) is 0 Å². The molecule has 0 aliphatic carbocycles. The van der Waals surface area contributed by atoms with Gasteiger partial charge in [0.1, 0.15) is 4.90 Å². The first-order valence-corrected chi connectivity index (χ1v) is 8.05. The molecule has 1 heterocycles. The molecule has 0 atom stereocenters. The SMILES string of the molecule is CNCc1n[nH]c(C)c1S(=O)(=O)NCCCC(C)C. The average Bonchev–Trinajstić information content (AvgIpc) is 2.67. The molecule has 0 radical (unpaired) electrons. The summed E-state index contributed by atoms with van der Waals surface area (Å²) < 4.78 is 27.2. The van der Waals surface area contributed by atoms with Gasteiger partial charge < -0.3 is 5.32 Å². The second-order valence-corrected chi connectivity index (χ2v) is 6.79. The number of hydrogen-bond donors (Lipinski definition) is 3. The van der Waals surface area contributed by atoms with Crippen molar-refractivity contribution in [1.82, 2.24) is 20.2 Å². The zero-order valence-corrected chi connectivity index (χ0v) is 12.9. The molecule has 0 saturated carbocycles. The van der Waals surface area contributed by atoms with Gasteiger partial charge in [-0.2, -0.15) is 5.10 Å². The smallest absolute Gasteiger partial charge is 0.244 e. The number of H-pyrrole nitrogens is 1. The van der Waals surface area contributed by atoms with Crippen LogP contribution in [0.5, 0.6) is 0 Å². The Balaban J connectivity index is 2.74. The summed E-state index contributed by atoms with van der Waals surface area (Å²) >= 11 is 0. The van der Waals surface area contributed by atoms with Gasteiger partial charge >= 0.3 is 0 Å². The minimum atomic E-state index is -3.48. The minimum Gasteiger partial charge on any atom is -0.314 e. The molecule has 110 valence electrons. The highest BCUT2D eigenvalue weighted by molar-refractivity contribution is 7.89. The van der Waals surface area contributed by atoms with Crippen molar-refractivity contribution in [2.45, 2.75) is 45.1 Å². The van der Waals surface area contributed by atoms with Crippen LogP contribution in [0.15, 0.2) is 4.90 Å². The normalized spacial score (nSPS) is 12.3. The van der Waals surface area contributed by atoms with Gasteiger partial charge in [-0.3, -0.25) is 5.10 Å². The van der Waals surface area contributed by atoms with Gasteiger partial charge in [0.2, 0.25) is 10.0 Å². The first kappa shape index (κ1) is 16.1. The zero-order valence-electron chi connectivity index (χ0n) is 12.1. The van der Waals surface area contributed by atoms with E-state index in [1.165, 1.54) is 0 Å². The Labute approximate surface area is 115 Å². The van der Waals surface area contributed by atoms with E-state index < -0.39 is 10.0 Å². The molecule has 0 fully saturated rings. The van der Waals surface area contributed by atoms with Crippen molar-refractivity contribution in [2.24, 2.45) is 5.92 Å². The molecule has 0 spiro atoms.